The SMILES string of the molecule is CCc1nnc2n1CC(NCc1ccccc1OCC(=O)NC)CC2. The number of rotatable bonds is 7. The minimum absolute atomic E-state index is 0.0286. The number of para-hydroxylation sites is 1. The van der Waals surface area contributed by atoms with Crippen LogP contribution in [0.25, 0.3) is 0 Å². The van der Waals surface area contributed by atoms with Crippen LogP contribution in [-0.2, 0) is 30.7 Å². The summed E-state index contributed by atoms with van der Waals surface area (Å²) in [4.78, 5) is 11.4. The zero-order valence-corrected chi connectivity index (χ0v) is 14.8. The molecule has 1 aliphatic rings. The van der Waals surface area contributed by atoms with E-state index in [1.807, 2.05) is 24.3 Å². The second kappa shape index (κ2) is 8.11. The van der Waals surface area contributed by atoms with Crippen LogP contribution in [0.4, 0.5) is 0 Å². The van der Waals surface area contributed by atoms with Crippen molar-refractivity contribution in [3.8, 4) is 5.75 Å². The summed E-state index contributed by atoms with van der Waals surface area (Å²) >= 11 is 0. The number of aromatic nitrogens is 3. The minimum atomic E-state index is -0.137. The second-order valence-corrected chi connectivity index (χ2v) is 6.18. The highest BCUT2D eigenvalue weighted by molar-refractivity contribution is 5.77. The molecule has 0 aliphatic carbocycles. The van der Waals surface area contributed by atoms with Gasteiger partial charge in [0.25, 0.3) is 5.91 Å². The van der Waals surface area contributed by atoms with Gasteiger partial charge in [0.05, 0.1) is 0 Å². The number of nitrogens with one attached hydrogen (secondary N) is 2. The highest BCUT2D eigenvalue weighted by Crippen LogP contribution is 2.20. The monoisotopic (exact) mass is 343 g/mol. The Hall–Kier alpha value is -2.41. The smallest absolute Gasteiger partial charge is 0.257 e. The highest BCUT2D eigenvalue weighted by atomic mass is 16.5. The molecule has 1 atom stereocenters. The van der Waals surface area contributed by atoms with Gasteiger partial charge in [0.1, 0.15) is 17.4 Å². The van der Waals surface area contributed by atoms with E-state index >= 15 is 0 Å². The predicted octanol–water partition coefficient (Wildman–Crippen LogP) is 1.07. The number of carbonyl (C=O) groups excluding carboxylic acids is 1. The molecule has 1 aromatic heterocycles. The van der Waals surface area contributed by atoms with Crippen LogP contribution in [0.3, 0.4) is 0 Å². The molecule has 7 nitrogen and oxygen atoms in total. The van der Waals surface area contributed by atoms with E-state index in [4.69, 9.17) is 4.74 Å². The molecule has 1 unspecified atom stereocenters. The number of likely N-dealkylation sites (N-methyl/N-ethyl adjacent to an activating group) is 1. The van der Waals surface area contributed by atoms with Gasteiger partial charge in [-0.05, 0) is 12.5 Å². The van der Waals surface area contributed by atoms with Crippen molar-refractivity contribution in [1.29, 1.82) is 0 Å². The number of hydrogen-bond acceptors (Lipinski definition) is 5. The van der Waals surface area contributed by atoms with Crippen molar-refractivity contribution in [2.45, 2.75) is 45.3 Å². The zero-order chi connectivity index (χ0) is 17.6. The lowest BCUT2D eigenvalue weighted by Crippen LogP contribution is -2.37. The van der Waals surface area contributed by atoms with Crippen LogP contribution >= 0.6 is 0 Å². The Labute approximate surface area is 147 Å². The van der Waals surface area contributed by atoms with Gasteiger partial charge in [-0.2, -0.15) is 0 Å². The Kier molecular flexibility index (Phi) is 5.65. The quantitative estimate of drug-likeness (QED) is 0.786. The van der Waals surface area contributed by atoms with Gasteiger partial charge >= 0.3 is 0 Å². The largest absolute Gasteiger partial charge is 0.483 e. The Bertz CT molecular complexity index is 715. The fourth-order valence-electron chi connectivity index (χ4n) is 3.07. The zero-order valence-electron chi connectivity index (χ0n) is 14.8. The van der Waals surface area contributed by atoms with E-state index < -0.39 is 0 Å². The van der Waals surface area contributed by atoms with Crippen LogP contribution in [0.1, 0.15) is 30.6 Å². The summed E-state index contributed by atoms with van der Waals surface area (Å²) in [5.74, 6) is 2.75. The van der Waals surface area contributed by atoms with Gasteiger partial charge < -0.3 is 19.9 Å². The number of aryl methyl sites for hydroxylation is 2. The molecule has 0 saturated heterocycles. The van der Waals surface area contributed by atoms with Gasteiger partial charge in [-0.25, -0.2) is 0 Å². The number of nitrogens with zero attached hydrogens (tertiary/aromatic N) is 3. The standard InChI is InChI=1S/C18H25N5O2/c1-3-16-21-22-17-9-8-14(11-23(16)17)20-10-13-6-4-5-7-15(13)25-12-18(24)19-2/h4-7,14,20H,3,8-12H2,1-2H3,(H,19,24). The summed E-state index contributed by atoms with van der Waals surface area (Å²) in [6.45, 7) is 3.73. The van der Waals surface area contributed by atoms with Crippen LogP contribution in [0.15, 0.2) is 24.3 Å². The van der Waals surface area contributed by atoms with Crippen LogP contribution in [0.5, 0.6) is 5.75 Å². The molecule has 3 rings (SSSR count). The van der Waals surface area contributed by atoms with Crippen molar-refractivity contribution in [3.63, 3.8) is 0 Å². The van der Waals surface area contributed by atoms with Crippen LogP contribution in [-0.4, -0.2) is 40.4 Å². The van der Waals surface area contributed by atoms with E-state index in [2.05, 4.69) is 32.3 Å². The van der Waals surface area contributed by atoms with E-state index in [1.54, 1.807) is 7.05 Å². The summed E-state index contributed by atoms with van der Waals surface area (Å²) in [6, 6.07) is 8.20. The minimum Gasteiger partial charge on any atom is -0.483 e. The topological polar surface area (TPSA) is 81.1 Å². The first-order chi connectivity index (χ1) is 12.2. The second-order valence-electron chi connectivity index (χ2n) is 6.18. The van der Waals surface area contributed by atoms with E-state index in [0.29, 0.717) is 12.6 Å². The molecule has 2 N–H and O–H groups in total. The van der Waals surface area contributed by atoms with Crippen molar-refractivity contribution in [2.75, 3.05) is 13.7 Å². The Morgan fingerprint density at radius 2 is 2.20 bits per heavy atom. The molecular weight excluding hydrogens is 318 g/mol. The number of benzene rings is 1. The van der Waals surface area contributed by atoms with Gasteiger partial charge in [0, 0.05) is 44.6 Å². The number of fused-ring (bicyclic) bond motifs is 1. The summed E-state index contributed by atoms with van der Waals surface area (Å²) in [7, 11) is 1.60. The Balaban J connectivity index is 1.60. The fourth-order valence-corrected chi connectivity index (χ4v) is 3.07. The van der Waals surface area contributed by atoms with E-state index in [9.17, 15) is 4.79 Å². The third kappa shape index (κ3) is 4.17. The molecule has 0 bridgehead atoms. The van der Waals surface area contributed by atoms with Crippen LogP contribution in [0.2, 0.25) is 0 Å². The maximum atomic E-state index is 11.4. The van der Waals surface area contributed by atoms with Gasteiger partial charge in [-0.15, -0.1) is 10.2 Å². The summed E-state index contributed by atoms with van der Waals surface area (Å²) in [5.41, 5.74) is 1.05. The Morgan fingerprint density at radius 3 is 3.00 bits per heavy atom. The first kappa shape index (κ1) is 17.4. The van der Waals surface area contributed by atoms with Crippen LogP contribution in [0, 0.1) is 0 Å². The summed E-state index contributed by atoms with van der Waals surface area (Å²) in [6.07, 6.45) is 2.89. The first-order valence-corrected chi connectivity index (χ1v) is 8.76. The summed E-state index contributed by atoms with van der Waals surface area (Å²) < 4.78 is 7.86. The lowest BCUT2D eigenvalue weighted by Gasteiger charge is -2.25. The number of amides is 1. The number of hydrogen-bond donors (Lipinski definition) is 2. The summed E-state index contributed by atoms with van der Waals surface area (Å²) in [5, 5.41) is 14.7. The average Bonchev–Trinajstić information content (AvgIpc) is 3.07. The molecule has 0 spiro atoms. The van der Waals surface area contributed by atoms with Gasteiger partial charge in [0.2, 0.25) is 0 Å². The molecular formula is C18H25N5O2. The van der Waals surface area contributed by atoms with E-state index in [1.165, 1.54) is 0 Å². The highest BCUT2D eigenvalue weighted by Gasteiger charge is 2.22. The van der Waals surface area contributed by atoms with Crippen molar-refractivity contribution in [1.82, 2.24) is 25.4 Å². The molecule has 0 fully saturated rings. The third-order valence-corrected chi connectivity index (χ3v) is 4.53. The predicted molar refractivity (Wildman–Crippen MR) is 94.4 cm³/mol. The van der Waals surface area contributed by atoms with Gasteiger partial charge in [-0.3, -0.25) is 4.79 Å². The molecule has 1 amide bonds. The molecule has 134 valence electrons. The third-order valence-electron chi connectivity index (χ3n) is 4.53. The first-order valence-electron chi connectivity index (χ1n) is 8.76. The molecule has 1 aliphatic heterocycles. The normalized spacial score (nSPS) is 16.3. The van der Waals surface area contributed by atoms with Crippen LogP contribution < -0.4 is 15.4 Å². The molecule has 7 heteroatoms. The lowest BCUT2D eigenvalue weighted by atomic mass is 10.1. The van der Waals surface area contributed by atoms with Crippen molar-refractivity contribution in [3.05, 3.63) is 41.5 Å². The van der Waals surface area contributed by atoms with Crippen molar-refractivity contribution < 1.29 is 9.53 Å². The molecule has 1 aromatic carbocycles. The van der Waals surface area contributed by atoms with Crippen molar-refractivity contribution >= 4 is 5.91 Å². The maximum Gasteiger partial charge on any atom is 0.257 e. The molecule has 2 heterocycles. The number of carbonyl (C=O) groups is 1. The molecule has 0 radical (unpaired) electrons. The van der Waals surface area contributed by atoms with E-state index in [0.717, 1.165) is 48.8 Å². The van der Waals surface area contributed by atoms with Gasteiger partial charge in [0.15, 0.2) is 6.61 Å². The molecule has 0 saturated carbocycles. The van der Waals surface area contributed by atoms with E-state index in [-0.39, 0.29) is 12.5 Å². The average molecular weight is 343 g/mol. The number of ether oxygens (including phenoxy) is 1. The fraction of sp³-hybridized carbons (Fsp3) is 0.500. The van der Waals surface area contributed by atoms with Gasteiger partial charge in [-0.1, -0.05) is 25.1 Å². The lowest BCUT2D eigenvalue weighted by molar-refractivity contribution is -0.122. The molecule has 2 aromatic rings. The maximum absolute atomic E-state index is 11.4. The van der Waals surface area contributed by atoms with Crippen molar-refractivity contribution in [2.24, 2.45) is 0 Å². The molecule has 25 heavy (non-hydrogen) atoms. The Morgan fingerprint density at radius 1 is 1.36 bits per heavy atom.